The third-order valence-corrected chi connectivity index (χ3v) is 6.04. The number of methoxy groups -OCH3 is 1. The Bertz CT molecular complexity index is 1380. The zero-order valence-corrected chi connectivity index (χ0v) is 20.3. The zero-order valence-electron chi connectivity index (χ0n) is 19.5. The van der Waals surface area contributed by atoms with Gasteiger partial charge in [0.2, 0.25) is 0 Å². The molecule has 3 aromatic carbocycles. The second-order valence-electron chi connectivity index (χ2n) is 7.64. The van der Waals surface area contributed by atoms with E-state index in [1.165, 1.54) is 30.1 Å². The number of hydrogen-bond acceptors (Lipinski definition) is 8. The second kappa shape index (κ2) is 11.3. The largest absolute Gasteiger partial charge is 0.497 e. The van der Waals surface area contributed by atoms with Gasteiger partial charge in [0.05, 0.1) is 24.0 Å². The smallest absolute Gasteiger partial charge is 0.269 e. The molecule has 1 amide bonds. The summed E-state index contributed by atoms with van der Waals surface area (Å²) in [6, 6.07) is 21.3. The number of carbonyl (C=O) groups is 1. The van der Waals surface area contributed by atoms with Crippen LogP contribution in [-0.4, -0.2) is 44.7 Å². The van der Waals surface area contributed by atoms with Crippen LogP contribution in [0.15, 0.2) is 83.1 Å². The number of nitro benzene ring substituents is 1. The SMILES string of the molecule is COc1ccc(-n2c(SCC(=O)N/N=C/c3ccc([N+](=O)[O-])cc3)nnc2-c2ccc(C)cc2)cc1. The number of carbonyl (C=O) groups excluding carboxylic acids is 1. The second-order valence-corrected chi connectivity index (χ2v) is 8.58. The van der Waals surface area contributed by atoms with Gasteiger partial charge in [-0.1, -0.05) is 41.6 Å². The molecule has 4 aromatic rings. The molecule has 0 aliphatic carbocycles. The minimum atomic E-state index is -0.477. The highest BCUT2D eigenvalue weighted by Crippen LogP contribution is 2.29. The highest BCUT2D eigenvalue weighted by molar-refractivity contribution is 7.99. The lowest BCUT2D eigenvalue weighted by molar-refractivity contribution is -0.384. The van der Waals surface area contributed by atoms with Gasteiger partial charge in [-0.3, -0.25) is 19.5 Å². The summed E-state index contributed by atoms with van der Waals surface area (Å²) < 4.78 is 7.16. The molecule has 0 saturated carbocycles. The summed E-state index contributed by atoms with van der Waals surface area (Å²) in [6.45, 7) is 2.02. The number of thioether (sulfide) groups is 1. The Morgan fingerprint density at radius 1 is 1.08 bits per heavy atom. The van der Waals surface area contributed by atoms with E-state index in [0.29, 0.717) is 16.5 Å². The molecule has 0 atom stereocenters. The summed E-state index contributed by atoms with van der Waals surface area (Å²) in [7, 11) is 1.61. The molecule has 1 aromatic heterocycles. The van der Waals surface area contributed by atoms with Crippen molar-refractivity contribution in [1.29, 1.82) is 0 Å². The molecular formula is C25H22N6O4S. The van der Waals surface area contributed by atoms with Crippen molar-refractivity contribution in [2.24, 2.45) is 5.10 Å². The number of nitrogens with zero attached hydrogens (tertiary/aromatic N) is 5. The standard InChI is InChI=1S/C25H22N6O4S/c1-17-3-7-19(8-4-17)24-28-29-25(30(24)20-11-13-22(35-2)14-12-20)36-16-23(32)27-26-15-18-5-9-21(10-6-18)31(33)34/h3-15H,16H2,1-2H3,(H,27,32)/b26-15+. The van der Waals surface area contributed by atoms with E-state index in [4.69, 9.17) is 4.74 Å². The summed E-state index contributed by atoms with van der Waals surface area (Å²) in [4.78, 5) is 22.6. The van der Waals surface area contributed by atoms with Crippen molar-refractivity contribution >= 4 is 29.6 Å². The average molecular weight is 503 g/mol. The van der Waals surface area contributed by atoms with E-state index < -0.39 is 4.92 Å². The number of rotatable bonds is 9. The Morgan fingerprint density at radius 3 is 2.42 bits per heavy atom. The first kappa shape index (κ1) is 24.6. The molecule has 0 spiro atoms. The molecular weight excluding hydrogens is 480 g/mol. The van der Waals surface area contributed by atoms with Crippen LogP contribution in [0.25, 0.3) is 17.1 Å². The highest BCUT2D eigenvalue weighted by Gasteiger charge is 2.17. The predicted molar refractivity (Wildman–Crippen MR) is 138 cm³/mol. The summed E-state index contributed by atoms with van der Waals surface area (Å²) in [6.07, 6.45) is 1.42. The van der Waals surface area contributed by atoms with Crippen LogP contribution in [0.5, 0.6) is 5.75 Å². The number of aryl methyl sites for hydroxylation is 1. The third kappa shape index (κ3) is 5.94. The maximum atomic E-state index is 12.4. The minimum Gasteiger partial charge on any atom is -0.497 e. The van der Waals surface area contributed by atoms with E-state index in [1.54, 1.807) is 19.2 Å². The van der Waals surface area contributed by atoms with Crippen molar-refractivity contribution in [2.45, 2.75) is 12.1 Å². The molecule has 1 heterocycles. The molecule has 0 aliphatic rings. The molecule has 4 rings (SSSR count). The van der Waals surface area contributed by atoms with Gasteiger partial charge in [-0.15, -0.1) is 10.2 Å². The Labute approximate surface area is 211 Å². The number of aromatic nitrogens is 3. The maximum absolute atomic E-state index is 12.4. The van der Waals surface area contributed by atoms with E-state index in [0.717, 1.165) is 22.6 Å². The summed E-state index contributed by atoms with van der Waals surface area (Å²) in [5, 5.41) is 23.9. The number of benzene rings is 3. The first-order valence-electron chi connectivity index (χ1n) is 10.8. The monoisotopic (exact) mass is 502 g/mol. The number of nitro groups is 1. The molecule has 0 radical (unpaired) electrons. The van der Waals surface area contributed by atoms with Gasteiger partial charge < -0.3 is 4.74 Å². The Hall–Kier alpha value is -4.51. The molecule has 36 heavy (non-hydrogen) atoms. The molecule has 1 N–H and O–H groups in total. The van der Waals surface area contributed by atoms with E-state index in [9.17, 15) is 14.9 Å². The molecule has 10 nitrogen and oxygen atoms in total. The molecule has 0 bridgehead atoms. The van der Waals surface area contributed by atoms with Crippen molar-refractivity contribution in [3.8, 4) is 22.8 Å². The van der Waals surface area contributed by atoms with E-state index in [-0.39, 0.29) is 17.3 Å². The van der Waals surface area contributed by atoms with Crippen molar-refractivity contribution in [2.75, 3.05) is 12.9 Å². The van der Waals surface area contributed by atoms with Crippen LogP contribution in [-0.2, 0) is 4.79 Å². The fourth-order valence-electron chi connectivity index (χ4n) is 3.24. The Balaban J connectivity index is 1.48. The lowest BCUT2D eigenvalue weighted by atomic mass is 10.1. The number of hydrazone groups is 1. The van der Waals surface area contributed by atoms with Crippen LogP contribution in [0.4, 0.5) is 5.69 Å². The number of ether oxygens (including phenoxy) is 1. The summed E-state index contributed by atoms with van der Waals surface area (Å²) in [5.41, 5.74) is 5.92. The molecule has 0 fully saturated rings. The number of hydrogen-bond donors (Lipinski definition) is 1. The van der Waals surface area contributed by atoms with E-state index in [2.05, 4.69) is 20.7 Å². The van der Waals surface area contributed by atoms with Crippen LogP contribution in [0.2, 0.25) is 0 Å². The van der Waals surface area contributed by atoms with Gasteiger partial charge in [-0.05, 0) is 48.9 Å². The minimum absolute atomic E-state index is 0.0152. The van der Waals surface area contributed by atoms with Crippen LogP contribution in [0.3, 0.4) is 0 Å². The Kier molecular flexibility index (Phi) is 7.71. The molecule has 0 aliphatic heterocycles. The van der Waals surface area contributed by atoms with E-state index >= 15 is 0 Å². The van der Waals surface area contributed by atoms with Gasteiger partial charge >= 0.3 is 0 Å². The maximum Gasteiger partial charge on any atom is 0.269 e. The van der Waals surface area contributed by atoms with Gasteiger partial charge in [0.25, 0.3) is 11.6 Å². The van der Waals surface area contributed by atoms with Gasteiger partial charge in [0, 0.05) is 23.4 Å². The normalized spacial score (nSPS) is 10.9. The van der Waals surface area contributed by atoms with Gasteiger partial charge in [-0.2, -0.15) is 5.10 Å². The van der Waals surface area contributed by atoms with Crippen molar-refractivity contribution in [3.63, 3.8) is 0 Å². The van der Waals surface area contributed by atoms with Gasteiger partial charge in [0.1, 0.15) is 5.75 Å². The topological polar surface area (TPSA) is 125 Å². The highest BCUT2D eigenvalue weighted by atomic mass is 32.2. The lowest BCUT2D eigenvalue weighted by Crippen LogP contribution is -2.20. The van der Waals surface area contributed by atoms with Crippen LogP contribution >= 0.6 is 11.8 Å². The zero-order chi connectivity index (χ0) is 25.5. The summed E-state index contributed by atoms with van der Waals surface area (Å²) >= 11 is 1.23. The first-order valence-corrected chi connectivity index (χ1v) is 11.8. The van der Waals surface area contributed by atoms with Gasteiger partial charge in [0.15, 0.2) is 11.0 Å². The van der Waals surface area contributed by atoms with E-state index in [1.807, 2.05) is 60.0 Å². The molecule has 0 saturated heterocycles. The van der Waals surface area contributed by atoms with Crippen molar-refractivity contribution in [3.05, 3.63) is 94.0 Å². The molecule has 182 valence electrons. The fraction of sp³-hybridized carbons (Fsp3) is 0.120. The van der Waals surface area contributed by atoms with Gasteiger partial charge in [-0.25, -0.2) is 5.43 Å². The fourth-order valence-corrected chi connectivity index (χ4v) is 3.98. The third-order valence-electron chi connectivity index (χ3n) is 5.11. The summed E-state index contributed by atoms with van der Waals surface area (Å²) in [5.74, 6) is 1.10. The number of amides is 1. The Morgan fingerprint density at radius 2 is 1.78 bits per heavy atom. The van der Waals surface area contributed by atoms with Crippen molar-refractivity contribution < 1.29 is 14.5 Å². The molecule has 0 unspecified atom stereocenters. The number of non-ortho nitro benzene ring substituents is 1. The first-order chi connectivity index (χ1) is 17.4. The van der Waals surface area contributed by atoms with Crippen LogP contribution < -0.4 is 10.2 Å². The van der Waals surface area contributed by atoms with Crippen LogP contribution in [0, 0.1) is 17.0 Å². The quantitative estimate of drug-likeness (QED) is 0.156. The van der Waals surface area contributed by atoms with Crippen LogP contribution in [0.1, 0.15) is 11.1 Å². The predicted octanol–water partition coefficient (Wildman–Crippen LogP) is 4.40. The van der Waals surface area contributed by atoms with Crippen molar-refractivity contribution in [1.82, 2.24) is 20.2 Å². The number of nitrogens with one attached hydrogen (secondary N) is 1. The molecule has 11 heteroatoms. The average Bonchev–Trinajstić information content (AvgIpc) is 3.32. The lowest BCUT2D eigenvalue weighted by Gasteiger charge is -2.11.